The highest BCUT2D eigenvalue weighted by atomic mass is 32.2. The van der Waals surface area contributed by atoms with E-state index >= 15 is 0 Å². The average Bonchev–Trinajstić information content (AvgIpc) is 3.43. The van der Waals surface area contributed by atoms with Gasteiger partial charge in [-0.3, -0.25) is 8.86 Å². The summed E-state index contributed by atoms with van der Waals surface area (Å²) in [5.74, 6) is -0.381. The molecule has 0 N–H and O–H groups in total. The smallest absolute Gasteiger partial charge is 0.355 e. The van der Waals surface area contributed by atoms with Crippen LogP contribution in [-0.4, -0.2) is 48.6 Å². The Morgan fingerprint density at radius 1 is 1.10 bits per heavy atom. The molecule has 0 radical (unpaired) electrons. The molecule has 9 nitrogen and oxygen atoms in total. The van der Waals surface area contributed by atoms with E-state index in [9.17, 15) is 13.2 Å². The van der Waals surface area contributed by atoms with Gasteiger partial charge in [0, 0.05) is 36.7 Å². The first-order chi connectivity index (χ1) is 20.3. The minimum Gasteiger partial charge on any atom is -0.461 e. The van der Waals surface area contributed by atoms with Gasteiger partial charge in [-0.15, -0.1) is 0 Å². The van der Waals surface area contributed by atoms with Gasteiger partial charge in [-0.2, -0.15) is 13.5 Å². The summed E-state index contributed by atoms with van der Waals surface area (Å²) in [5, 5.41) is 5.64. The van der Waals surface area contributed by atoms with E-state index in [4.69, 9.17) is 18.8 Å². The molecule has 224 valence electrons. The molecule has 3 heterocycles. The topological polar surface area (TPSA) is 102 Å². The van der Waals surface area contributed by atoms with Crippen LogP contribution in [0.1, 0.15) is 66.1 Å². The summed E-state index contributed by atoms with van der Waals surface area (Å²) in [4.78, 5) is 13.6. The lowest BCUT2D eigenvalue weighted by atomic mass is 9.98. The van der Waals surface area contributed by atoms with E-state index in [1.807, 2.05) is 37.7 Å². The van der Waals surface area contributed by atoms with Crippen LogP contribution in [0.25, 0.3) is 22.0 Å². The standard InChI is InChI=1S/C32H39N3O6S/c1-5-23-14-16-24(17-15-23)42(37,38)41-20-10-13-26-25-11-9-12-27-29-22(3)33-34(4)28(29)21-39-19-8-7-18-35(30(25)27)31(26)32(36)40-6-2/h9,11-12,14-17H,5-8,10,13,18-21H2,1-4H3. The largest absolute Gasteiger partial charge is 0.461 e. The van der Waals surface area contributed by atoms with E-state index in [-0.39, 0.29) is 24.1 Å². The number of carbonyl (C=O) groups is 1. The van der Waals surface area contributed by atoms with Crippen molar-refractivity contribution in [2.75, 3.05) is 19.8 Å². The maximum Gasteiger partial charge on any atom is 0.355 e. The Balaban J connectivity index is 1.54. The number of hydrogen-bond donors (Lipinski definition) is 0. The van der Waals surface area contributed by atoms with Gasteiger partial charge in [-0.25, -0.2) is 4.79 Å². The minimum absolute atomic E-state index is 0.00427. The third-order valence-electron chi connectivity index (χ3n) is 7.86. The van der Waals surface area contributed by atoms with Crippen LogP contribution in [0.5, 0.6) is 0 Å². The quantitative estimate of drug-likeness (QED) is 0.139. The molecule has 0 spiro atoms. The highest BCUT2D eigenvalue weighted by molar-refractivity contribution is 7.86. The van der Waals surface area contributed by atoms with Crippen LogP contribution in [0.15, 0.2) is 47.4 Å². The first-order valence-corrected chi connectivity index (χ1v) is 16.1. The van der Waals surface area contributed by atoms with Crippen LogP contribution < -0.4 is 0 Å². The molecule has 1 aliphatic heterocycles. The molecular weight excluding hydrogens is 554 g/mol. The molecule has 2 aromatic carbocycles. The van der Waals surface area contributed by atoms with Gasteiger partial charge < -0.3 is 14.0 Å². The Labute approximate surface area is 247 Å². The Hall–Kier alpha value is -3.47. The summed E-state index contributed by atoms with van der Waals surface area (Å²) in [6.07, 6.45) is 3.36. The lowest BCUT2D eigenvalue weighted by Crippen LogP contribution is -2.15. The molecule has 0 aliphatic carbocycles. The zero-order valence-electron chi connectivity index (χ0n) is 24.8. The fourth-order valence-corrected chi connectivity index (χ4v) is 6.78. The molecule has 5 rings (SSSR count). The molecule has 42 heavy (non-hydrogen) atoms. The lowest BCUT2D eigenvalue weighted by molar-refractivity contribution is 0.0512. The van der Waals surface area contributed by atoms with Gasteiger partial charge in [0.05, 0.1) is 41.6 Å². The van der Waals surface area contributed by atoms with E-state index in [0.717, 1.165) is 63.8 Å². The number of hydrogen-bond acceptors (Lipinski definition) is 7. The number of esters is 1. The van der Waals surface area contributed by atoms with Crippen molar-refractivity contribution in [2.45, 2.75) is 70.9 Å². The third kappa shape index (κ3) is 5.88. The second-order valence-electron chi connectivity index (χ2n) is 10.6. The Morgan fingerprint density at radius 3 is 2.62 bits per heavy atom. The molecule has 0 saturated heterocycles. The van der Waals surface area contributed by atoms with Gasteiger partial charge in [0.2, 0.25) is 0 Å². The zero-order valence-corrected chi connectivity index (χ0v) is 25.6. The molecule has 10 heteroatoms. The first kappa shape index (κ1) is 30.0. The summed E-state index contributed by atoms with van der Waals surface area (Å²) in [6, 6.07) is 12.9. The number of aryl methyl sites for hydroxylation is 5. The van der Waals surface area contributed by atoms with E-state index < -0.39 is 10.1 Å². The van der Waals surface area contributed by atoms with Crippen molar-refractivity contribution in [1.82, 2.24) is 14.3 Å². The second kappa shape index (κ2) is 12.8. The van der Waals surface area contributed by atoms with Crippen LogP contribution in [-0.2, 0) is 56.8 Å². The molecule has 0 atom stereocenters. The fraction of sp³-hybridized carbons (Fsp3) is 0.438. The van der Waals surface area contributed by atoms with Crippen LogP contribution in [0.3, 0.4) is 0 Å². The predicted molar refractivity (Wildman–Crippen MR) is 161 cm³/mol. The summed E-state index contributed by atoms with van der Waals surface area (Å²) in [7, 11) is -1.96. The molecular formula is C32H39N3O6S. The average molecular weight is 594 g/mol. The number of para-hydroxylation sites is 1. The summed E-state index contributed by atoms with van der Waals surface area (Å²) in [5.41, 5.74) is 7.25. The predicted octanol–water partition coefficient (Wildman–Crippen LogP) is 5.74. The van der Waals surface area contributed by atoms with E-state index in [1.54, 1.807) is 31.2 Å². The van der Waals surface area contributed by atoms with Crippen molar-refractivity contribution in [3.05, 3.63) is 70.7 Å². The molecule has 1 aliphatic rings. The minimum atomic E-state index is -3.89. The van der Waals surface area contributed by atoms with Gasteiger partial charge in [0.25, 0.3) is 10.1 Å². The number of carbonyl (C=O) groups excluding carboxylic acids is 1. The number of rotatable bonds is 9. The van der Waals surface area contributed by atoms with Crippen LogP contribution in [0, 0.1) is 6.92 Å². The molecule has 2 aromatic heterocycles. The maximum absolute atomic E-state index is 13.5. The number of benzene rings is 2. The summed E-state index contributed by atoms with van der Waals surface area (Å²) >= 11 is 0. The summed E-state index contributed by atoms with van der Waals surface area (Å²) < 4.78 is 46.6. The van der Waals surface area contributed by atoms with Gasteiger partial charge in [0.15, 0.2) is 0 Å². The molecule has 0 amide bonds. The van der Waals surface area contributed by atoms with Gasteiger partial charge in [-0.05, 0) is 69.2 Å². The monoisotopic (exact) mass is 593 g/mol. The van der Waals surface area contributed by atoms with E-state index in [0.29, 0.717) is 38.3 Å². The van der Waals surface area contributed by atoms with Crippen LogP contribution >= 0.6 is 0 Å². The van der Waals surface area contributed by atoms with Crippen molar-refractivity contribution in [1.29, 1.82) is 0 Å². The van der Waals surface area contributed by atoms with Gasteiger partial charge >= 0.3 is 5.97 Å². The van der Waals surface area contributed by atoms with Crippen molar-refractivity contribution in [2.24, 2.45) is 7.05 Å². The van der Waals surface area contributed by atoms with Crippen molar-refractivity contribution >= 4 is 27.0 Å². The molecule has 0 unspecified atom stereocenters. The van der Waals surface area contributed by atoms with E-state index in [1.165, 1.54) is 0 Å². The fourth-order valence-electron chi connectivity index (χ4n) is 5.83. The Kier molecular flexibility index (Phi) is 9.15. The van der Waals surface area contributed by atoms with Crippen LogP contribution in [0.4, 0.5) is 0 Å². The molecule has 0 bridgehead atoms. The first-order valence-electron chi connectivity index (χ1n) is 14.7. The molecule has 0 fully saturated rings. The van der Waals surface area contributed by atoms with Gasteiger partial charge in [-0.1, -0.05) is 37.3 Å². The van der Waals surface area contributed by atoms with Crippen LogP contribution in [0.2, 0.25) is 0 Å². The molecule has 0 saturated carbocycles. The molecule has 4 aromatic rings. The Morgan fingerprint density at radius 2 is 1.88 bits per heavy atom. The number of fused-ring (bicyclic) bond motifs is 2. The third-order valence-corrected chi connectivity index (χ3v) is 9.18. The second-order valence-corrected chi connectivity index (χ2v) is 12.2. The number of ether oxygens (including phenoxy) is 2. The van der Waals surface area contributed by atoms with Crippen molar-refractivity contribution in [3.63, 3.8) is 0 Å². The number of nitrogens with zero attached hydrogens (tertiary/aromatic N) is 3. The van der Waals surface area contributed by atoms with Gasteiger partial charge in [0.1, 0.15) is 5.69 Å². The maximum atomic E-state index is 13.5. The number of aromatic nitrogens is 3. The Bertz CT molecular complexity index is 1690. The highest BCUT2D eigenvalue weighted by Crippen LogP contribution is 2.39. The van der Waals surface area contributed by atoms with Crippen molar-refractivity contribution in [3.8, 4) is 11.1 Å². The SMILES string of the molecule is CCOC(=O)c1c(CCCOS(=O)(=O)c2ccc(CC)cc2)c2cccc3c2n1CCCCOCc1c-3c(C)nn1C. The lowest BCUT2D eigenvalue weighted by Gasteiger charge is -2.13. The summed E-state index contributed by atoms with van der Waals surface area (Å²) in [6.45, 7) is 7.74. The highest BCUT2D eigenvalue weighted by Gasteiger charge is 2.28. The van der Waals surface area contributed by atoms with Crippen molar-refractivity contribution < 1.29 is 26.9 Å². The van der Waals surface area contributed by atoms with E-state index in [2.05, 4.69) is 10.6 Å². The normalized spacial score (nSPS) is 14.0. The zero-order chi connectivity index (χ0) is 29.9.